The van der Waals surface area contributed by atoms with Gasteiger partial charge in [0, 0.05) is 18.7 Å². The third kappa shape index (κ3) is 4.55. The van der Waals surface area contributed by atoms with Crippen LogP contribution in [0.15, 0.2) is 60.0 Å². The first-order valence-electron chi connectivity index (χ1n) is 13.2. The number of ether oxygens (including phenoxy) is 1. The van der Waals surface area contributed by atoms with Gasteiger partial charge in [0.05, 0.1) is 40.5 Å². The summed E-state index contributed by atoms with van der Waals surface area (Å²) in [6.07, 6.45) is 5.89. The molecule has 2 atom stereocenters. The molecular formula is C28H31N7O4S. The lowest BCUT2D eigenvalue weighted by Crippen LogP contribution is -2.57. The zero-order chi connectivity index (χ0) is 28.2. The van der Waals surface area contributed by atoms with Gasteiger partial charge in [-0.3, -0.25) is 4.90 Å². The van der Waals surface area contributed by atoms with Crippen LogP contribution in [-0.4, -0.2) is 74.3 Å². The maximum atomic E-state index is 14.0. The van der Waals surface area contributed by atoms with Crippen LogP contribution in [0, 0.1) is 6.92 Å². The second-order valence-electron chi connectivity index (χ2n) is 11.4. The van der Waals surface area contributed by atoms with Crippen molar-refractivity contribution in [3.8, 4) is 11.3 Å². The molecule has 2 fully saturated rings. The predicted octanol–water partition coefficient (Wildman–Crippen LogP) is 4.02. The van der Waals surface area contributed by atoms with Crippen LogP contribution in [0.4, 0.5) is 10.6 Å². The Labute approximate surface area is 232 Å². The fourth-order valence-electron chi connectivity index (χ4n) is 5.62. The van der Waals surface area contributed by atoms with E-state index in [1.54, 1.807) is 36.4 Å². The van der Waals surface area contributed by atoms with Gasteiger partial charge in [-0.05, 0) is 64.8 Å². The van der Waals surface area contributed by atoms with Gasteiger partial charge in [0.25, 0.3) is 10.0 Å². The highest BCUT2D eigenvalue weighted by Crippen LogP contribution is 2.38. The Morgan fingerprint density at radius 1 is 1.00 bits per heavy atom. The maximum absolute atomic E-state index is 14.0. The van der Waals surface area contributed by atoms with Crippen LogP contribution in [0.2, 0.25) is 0 Å². The molecule has 1 aromatic carbocycles. The Kier molecular flexibility index (Phi) is 6.25. The summed E-state index contributed by atoms with van der Waals surface area (Å²) in [7, 11) is -4.02. The molecule has 0 N–H and O–H groups in total. The van der Waals surface area contributed by atoms with Gasteiger partial charge in [0.1, 0.15) is 17.7 Å². The highest BCUT2D eigenvalue weighted by molar-refractivity contribution is 7.90. The summed E-state index contributed by atoms with van der Waals surface area (Å²) >= 11 is 0. The zero-order valence-corrected chi connectivity index (χ0v) is 23.7. The Bertz CT molecular complexity index is 1670. The second kappa shape index (κ2) is 9.54. The molecule has 3 aromatic heterocycles. The van der Waals surface area contributed by atoms with Crippen LogP contribution < -0.4 is 4.90 Å². The molecule has 0 aliphatic carbocycles. The van der Waals surface area contributed by atoms with Crippen molar-refractivity contribution in [2.24, 2.45) is 0 Å². The van der Waals surface area contributed by atoms with Crippen LogP contribution >= 0.6 is 0 Å². The van der Waals surface area contributed by atoms with E-state index >= 15 is 0 Å². The largest absolute Gasteiger partial charge is 0.444 e. The van der Waals surface area contributed by atoms with Crippen LogP contribution in [0.5, 0.6) is 0 Å². The third-order valence-electron chi connectivity index (χ3n) is 7.36. The summed E-state index contributed by atoms with van der Waals surface area (Å²) in [4.78, 5) is 26.2. The Balaban J connectivity index is 1.44. The van der Waals surface area contributed by atoms with Gasteiger partial charge < -0.3 is 9.64 Å². The van der Waals surface area contributed by atoms with Crippen molar-refractivity contribution in [2.45, 2.75) is 63.1 Å². The molecule has 2 aliphatic rings. The first-order chi connectivity index (χ1) is 19.0. The van der Waals surface area contributed by atoms with Gasteiger partial charge in [0.15, 0.2) is 5.65 Å². The summed E-state index contributed by atoms with van der Waals surface area (Å²) in [5.41, 5.74) is 1.67. The van der Waals surface area contributed by atoms with E-state index in [1.807, 2.05) is 32.6 Å². The number of piperazine rings is 1. The van der Waals surface area contributed by atoms with E-state index in [-0.39, 0.29) is 28.7 Å². The molecule has 6 rings (SSSR count). The molecule has 2 aliphatic heterocycles. The minimum Gasteiger partial charge on any atom is -0.444 e. The molecule has 2 bridgehead atoms. The van der Waals surface area contributed by atoms with Crippen molar-refractivity contribution in [3.05, 3.63) is 60.7 Å². The lowest BCUT2D eigenvalue weighted by molar-refractivity contribution is 0.0123. The van der Waals surface area contributed by atoms with E-state index in [4.69, 9.17) is 4.74 Å². The number of carbonyl (C=O) groups excluding carboxylic acids is 1. The number of aryl methyl sites for hydroxylation is 1. The number of benzene rings is 1. The van der Waals surface area contributed by atoms with Gasteiger partial charge in [-0.1, -0.05) is 17.7 Å². The number of hydrogen-bond donors (Lipinski definition) is 0. The zero-order valence-electron chi connectivity index (χ0n) is 22.9. The summed E-state index contributed by atoms with van der Waals surface area (Å²) in [6, 6.07) is 10.2. The van der Waals surface area contributed by atoms with Gasteiger partial charge in [-0.15, -0.1) is 0 Å². The molecule has 5 heterocycles. The molecule has 0 saturated carbocycles. The summed E-state index contributed by atoms with van der Waals surface area (Å²) in [5.74, 6) is 0.631. The quantitative estimate of drug-likeness (QED) is 0.363. The van der Waals surface area contributed by atoms with E-state index < -0.39 is 15.6 Å². The van der Waals surface area contributed by atoms with Gasteiger partial charge >= 0.3 is 6.09 Å². The number of fused-ring (bicyclic) bond motifs is 3. The lowest BCUT2D eigenvalue weighted by atomic mass is 10.1. The molecule has 12 heteroatoms. The minimum absolute atomic E-state index is 0.0270. The number of rotatable bonds is 4. The maximum Gasteiger partial charge on any atom is 0.410 e. The predicted molar refractivity (Wildman–Crippen MR) is 149 cm³/mol. The SMILES string of the molecule is Cc1ccc(S(=O)(=O)n2c(-c3ccnnc3)cc3c(N4CC5CCC(C4)N5C(=O)OC(C)(C)C)ncnc32)cc1. The topological polar surface area (TPSA) is 123 Å². The number of nitrogens with zero attached hydrogens (tertiary/aromatic N) is 7. The van der Waals surface area contributed by atoms with Crippen LogP contribution in [0.25, 0.3) is 22.3 Å². The molecule has 1 amide bonds. The van der Waals surface area contributed by atoms with Gasteiger partial charge in [0.2, 0.25) is 0 Å². The molecular weight excluding hydrogens is 530 g/mol. The first kappa shape index (κ1) is 26.2. The molecule has 4 aromatic rings. The third-order valence-corrected chi connectivity index (χ3v) is 9.08. The smallest absolute Gasteiger partial charge is 0.410 e. The molecule has 2 saturated heterocycles. The molecule has 40 heavy (non-hydrogen) atoms. The normalized spacial score (nSPS) is 19.3. The summed E-state index contributed by atoms with van der Waals surface area (Å²) in [6.45, 7) is 8.63. The van der Waals surface area contributed by atoms with E-state index in [2.05, 4.69) is 25.1 Å². The van der Waals surface area contributed by atoms with Crippen molar-refractivity contribution >= 4 is 33.0 Å². The van der Waals surface area contributed by atoms with Crippen LogP contribution in [0.1, 0.15) is 39.2 Å². The number of anilines is 1. The van der Waals surface area contributed by atoms with E-state index in [9.17, 15) is 13.2 Å². The number of carbonyl (C=O) groups is 1. The summed E-state index contributed by atoms with van der Waals surface area (Å²) in [5, 5.41) is 8.44. The lowest BCUT2D eigenvalue weighted by Gasteiger charge is -2.41. The van der Waals surface area contributed by atoms with Crippen molar-refractivity contribution < 1.29 is 17.9 Å². The second-order valence-corrected chi connectivity index (χ2v) is 13.1. The molecule has 0 spiro atoms. The van der Waals surface area contributed by atoms with Crippen molar-refractivity contribution in [3.63, 3.8) is 0 Å². The average Bonchev–Trinajstić information content (AvgIpc) is 3.44. The highest BCUT2D eigenvalue weighted by atomic mass is 32.2. The number of hydrogen-bond acceptors (Lipinski definition) is 9. The fourth-order valence-corrected chi connectivity index (χ4v) is 7.10. The van der Waals surface area contributed by atoms with E-state index in [0.29, 0.717) is 35.6 Å². The minimum atomic E-state index is -4.02. The van der Waals surface area contributed by atoms with Crippen LogP contribution in [-0.2, 0) is 14.8 Å². The Morgan fingerprint density at radius 2 is 1.70 bits per heavy atom. The monoisotopic (exact) mass is 561 g/mol. The average molecular weight is 562 g/mol. The van der Waals surface area contributed by atoms with Crippen molar-refractivity contribution in [2.75, 3.05) is 18.0 Å². The molecule has 0 radical (unpaired) electrons. The standard InChI is InChI=1S/C28H31N7O4S/c1-18-5-9-22(10-6-18)40(37,38)35-24(19-11-12-31-32-14-19)13-23-25(29-17-30-26(23)35)33-15-20-7-8-21(16-33)34(20)27(36)39-28(2,3)4/h5-6,9-14,17,20-21H,7-8,15-16H2,1-4H3. The van der Waals surface area contributed by atoms with Gasteiger partial charge in [-0.25, -0.2) is 27.2 Å². The molecule has 2 unspecified atom stereocenters. The Morgan fingerprint density at radius 3 is 2.33 bits per heavy atom. The highest BCUT2D eigenvalue weighted by Gasteiger charge is 2.45. The molecule has 11 nitrogen and oxygen atoms in total. The number of amides is 1. The van der Waals surface area contributed by atoms with Crippen molar-refractivity contribution in [1.82, 2.24) is 29.0 Å². The van der Waals surface area contributed by atoms with Crippen molar-refractivity contribution in [1.29, 1.82) is 0 Å². The van der Waals surface area contributed by atoms with Crippen LogP contribution in [0.3, 0.4) is 0 Å². The Hall–Kier alpha value is -4.06. The summed E-state index contributed by atoms with van der Waals surface area (Å²) < 4.78 is 35.0. The fraction of sp³-hybridized carbons (Fsp3) is 0.393. The van der Waals surface area contributed by atoms with E-state index in [0.717, 1.165) is 18.4 Å². The van der Waals surface area contributed by atoms with Gasteiger partial charge in [-0.2, -0.15) is 10.2 Å². The molecule has 208 valence electrons. The number of aromatic nitrogens is 5. The first-order valence-corrected chi connectivity index (χ1v) is 14.7. The van der Waals surface area contributed by atoms with E-state index in [1.165, 1.54) is 22.7 Å².